The van der Waals surface area contributed by atoms with Gasteiger partial charge in [0.2, 0.25) is 11.5 Å². The maximum Gasteiger partial charge on any atom is 0.263 e. The van der Waals surface area contributed by atoms with E-state index in [1.807, 2.05) is 18.2 Å². The Morgan fingerprint density at radius 2 is 1.86 bits per heavy atom. The largest absolute Gasteiger partial charge is 0.437 e. The third kappa shape index (κ3) is 4.68. The summed E-state index contributed by atoms with van der Waals surface area (Å²) in [6.07, 6.45) is 0. The van der Waals surface area contributed by atoms with Crippen molar-refractivity contribution in [3.05, 3.63) is 65.5 Å². The molecule has 1 heterocycles. The van der Waals surface area contributed by atoms with E-state index in [1.54, 1.807) is 12.1 Å². The van der Waals surface area contributed by atoms with E-state index in [9.17, 15) is 14.0 Å². The number of amides is 2. The minimum Gasteiger partial charge on any atom is -0.437 e. The first-order chi connectivity index (χ1) is 13.9. The van der Waals surface area contributed by atoms with Crippen molar-refractivity contribution in [2.75, 3.05) is 18.0 Å². The lowest BCUT2D eigenvalue weighted by Gasteiger charge is -2.21. The summed E-state index contributed by atoms with van der Waals surface area (Å²) in [6, 6.07) is 12.9. The molecular formula is C22H22FN3O3. The molecule has 0 fully saturated rings. The van der Waals surface area contributed by atoms with Gasteiger partial charge in [-0.2, -0.15) is 0 Å². The van der Waals surface area contributed by atoms with Crippen LogP contribution in [-0.2, 0) is 4.79 Å². The molecule has 0 aliphatic carbocycles. The van der Waals surface area contributed by atoms with Crippen LogP contribution in [-0.4, -0.2) is 24.9 Å². The predicted molar refractivity (Wildman–Crippen MR) is 110 cm³/mol. The van der Waals surface area contributed by atoms with Crippen LogP contribution in [0.3, 0.4) is 0 Å². The van der Waals surface area contributed by atoms with Gasteiger partial charge in [-0.25, -0.2) is 9.38 Å². The number of hydrogen-bond acceptors (Lipinski definition) is 5. The molecule has 150 valence electrons. The molecule has 2 aromatic carbocycles. The highest BCUT2D eigenvalue weighted by Crippen LogP contribution is 2.22. The van der Waals surface area contributed by atoms with Gasteiger partial charge in [0.15, 0.2) is 0 Å². The van der Waals surface area contributed by atoms with E-state index in [-0.39, 0.29) is 11.1 Å². The molecule has 1 N–H and O–H groups in total. The van der Waals surface area contributed by atoms with Crippen LogP contribution in [0.5, 0.6) is 0 Å². The summed E-state index contributed by atoms with van der Waals surface area (Å²) in [5, 5.41) is 2.92. The fourth-order valence-corrected chi connectivity index (χ4v) is 3.03. The molecule has 3 rings (SSSR count). The molecule has 0 bridgehead atoms. The Bertz CT molecular complexity index is 1130. The summed E-state index contributed by atoms with van der Waals surface area (Å²) in [4.78, 5) is 30.3. The van der Waals surface area contributed by atoms with Crippen molar-refractivity contribution in [2.45, 2.75) is 20.8 Å². The molecular weight excluding hydrogens is 373 g/mol. The van der Waals surface area contributed by atoms with E-state index < -0.39 is 17.6 Å². The molecule has 0 aliphatic rings. The summed E-state index contributed by atoms with van der Waals surface area (Å²) in [5.74, 6) is -1.58. The third-order valence-electron chi connectivity index (χ3n) is 4.44. The minimum absolute atomic E-state index is 0.00135. The normalized spacial score (nSPS) is 11.5. The Morgan fingerprint density at radius 1 is 1.10 bits per heavy atom. The zero-order valence-electron chi connectivity index (χ0n) is 16.5. The van der Waals surface area contributed by atoms with Gasteiger partial charge in [0.1, 0.15) is 17.0 Å². The van der Waals surface area contributed by atoms with Gasteiger partial charge in [0, 0.05) is 37.2 Å². The number of fused-ring (bicyclic) bond motifs is 1. The van der Waals surface area contributed by atoms with Gasteiger partial charge in [-0.1, -0.05) is 6.07 Å². The highest BCUT2D eigenvalue weighted by molar-refractivity contribution is 6.05. The van der Waals surface area contributed by atoms with E-state index in [1.165, 1.54) is 25.1 Å². The maximum absolute atomic E-state index is 13.6. The number of imide groups is 1. The lowest BCUT2D eigenvalue weighted by atomic mass is 10.1. The van der Waals surface area contributed by atoms with Crippen molar-refractivity contribution < 1.29 is 18.4 Å². The van der Waals surface area contributed by atoms with Crippen LogP contribution >= 0.6 is 0 Å². The number of benzene rings is 2. The predicted octanol–water partition coefficient (Wildman–Crippen LogP) is 3.93. The highest BCUT2D eigenvalue weighted by Gasteiger charge is 2.15. The third-order valence-corrected chi connectivity index (χ3v) is 4.44. The second kappa shape index (κ2) is 8.68. The first kappa shape index (κ1) is 20.3. The Hall–Kier alpha value is -3.48. The van der Waals surface area contributed by atoms with Crippen LogP contribution in [0.4, 0.5) is 15.8 Å². The van der Waals surface area contributed by atoms with E-state index in [2.05, 4.69) is 29.1 Å². The smallest absolute Gasteiger partial charge is 0.263 e. The van der Waals surface area contributed by atoms with Crippen LogP contribution in [0.1, 0.15) is 31.1 Å². The lowest BCUT2D eigenvalue weighted by Crippen LogP contribution is -2.32. The molecule has 7 heteroatoms. The van der Waals surface area contributed by atoms with Crippen LogP contribution < -0.4 is 15.8 Å². The molecule has 6 nitrogen and oxygen atoms in total. The quantitative estimate of drug-likeness (QED) is 0.710. The summed E-state index contributed by atoms with van der Waals surface area (Å²) >= 11 is 0. The van der Waals surface area contributed by atoms with Crippen LogP contribution in [0.2, 0.25) is 0 Å². The second-order valence-corrected chi connectivity index (χ2v) is 6.46. The number of hydrogen-bond donors (Lipinski definition) is 1. The first-order valence-electron chi connectivity index (χ1n) is 9.36. The molecule has 1 aromatic heterocycles. The van der Waals surface area contributed by atoms with Gasteiger partial charge >= 0.3 is 0 Å². The fraction of sp³-hybridized carbons (Fsp3) is 0.227. The summed E-state index contributed by atoms with van der Waals surface area (Å²) in [7, 11) is 0. The molecule has 0 spiro atoms. The van der Waals surface area contributed by atoms with Crippen molar-refractivity contribution in [2.24, 2.45) is 4.99 Å². The Morgan fingerprint density at radius 3 is 2.52 bits per heavy atom. The highest BCUT2D eigenvalue weighted by atomic mass is 19.1. The maximum atomic E-state index is 13.6. The summed E-state index contributed by atoms with van der Waals surface area (Å²) in [6.45, 7) is 7.04. The van der Waals surface area contributed by atoms with Gasteiger partial charge in [-0.15, -0.1) is 0 Å². The van der Waals surface area contributed by atoms with Crippen molar-refractivity contribution in [1.82, 2.24) is 5.32 Å². The zero-order valence-corrected chi connectivity index (χ0v) is 16.5. The first-order valence-corrected chi connectivity index (χ1v) is 9.36. The number of anilines is 1. The van der Waals surface area contributed by atoms with Gasteiger partial charge < -0.3 is 9.32 Å². The number of halogens is 1. The van der Waals surface area contributed by atoms with Crippen molar-refractivity contribution in [3.8, 4) is 0 Å². The molecule has 3 aromatic rings. The minimum atomic E-state index is -0.633. The molecule has 0 unspecified atom stereocenters. The Labute approximate surface area is 167 Å². The zero-order chi connectivity index (χ0) is 21.0. The molecule has 0 atom stereocenters. The van der Waals surface area contributed by atoms with Crippen molar-refractivity contribution in [1.29, 1.82) is 0 Å². The van der Waals surface area contributed by atoms with E-state index in [4.69, 9.17) is 4.42 Å². The Balaban J connectivity index is 2.22. The number of nitrogens with zero attached hydrogens (tertiary/aromatic N) is 2. The molecule has 0 radical (unpaired) electrons. The molecule has 29 heavy (non-hydrogen) atoms. The topological polar surface area (TPSA) is 74.9 Å². The summed E-state index contributed by atoms with van der Waals surface area (Å²) < 4.78 is 19.5. The Kier molecular flexibility index (Phi) is 6.07. The molecule has 0 saturated carbocycles. The molecule has 2 amide bonds. The fourth-order valence-electron chi connectivity index (χ4n) is 3.03. The number of rotatable bonds is 5. The van der Waals surface area contributed by atoms with Gasteiger partial charge in [0.05, 0.1) is 5.69 Å². The van der Waals surface area contributed by atoms with Crippen LogP contribution in [0, 0.1) is 5.82 Å². The van der Waals surface area contributed by atoms with Crippen LogP contribution in [0.25, 0.3) is 11.0 Å². The van der Waals surface area contributed by atoms with Gasteiger partial charge in [-0.05, 0) is 50.2 Å². The number of nitrogens with one attached hydrogen (secondary N) is 1. The number of carbonyl (C=O) groups excluding carboxylic acids is 2. The van der Waals surface area contributed by atoms with Gasteiger partial charge in [0.25, 0.3) is 5.91 Å². The number of carbonyl (C=O) groups is 2. The SMILES string of the molecule is CCN(CC)c1ccc2cc(C(=O)NC(C)=O)c(=Nc3cccc(F)c3)oc2c1. The standard InChI is InChI=1S/C22H22FN3O3/c1-4-26(5-2)18-10-9-15-11-19(21(28)24-14(3)27)22(29-20(15)13-18)25-17-8-6-7-16(23)12-17/h6-13H,4-5H2,1-3H3,(H,24,27,28). The lowest BCUT2D eigenvalue weighted by molar-refractivity contribution is -0.118. The van der Waals surface area contributed by atoms with Crippen LogP contribution in [0.15, 0.2) is 57.9 Å². The van der Waals surface area contributed by atoms with Gasteiger partial charge in [-0.3, -0.25) is 14.9 Å². The average Bonchev–Trinajstić information content (AvgIpc) is 2.68. The van der Waals surface area contributed by atoms with Crippen molar-refractivity contribution in [3.63, 3.8) is 0 Å². The molecule has 0 aliphatic heterocycles. The van der Waals surface area contributed by atoms with Crippen molar-refractivity contribution >= 4 is 34.2 Å². The van der Waals surface area contributed by atoms with E-state index in [0.717, 1.165) is 18.8 Å². The summed E-state index contributed by atoms with van der Waals surface area (Å²) in [5.41, 5.74) is 1.89. The average molecular weight is 395 g/mol. The molecule has 0 saturated heterocycles. The second-order valence-electron chi connectivity index (χ2n) is 6.46. The monoisotopic (exact) mass is 395 g/mol. The van der Waals surface area contributed by atoms with E-state index in [0.29, 0.717) is 16.7 Å². The van der Waals surface area contributed by atoms with E-state index >= 15 is 0 Å².